The molecule has 0 aromatic carbocycles. The molecule has 1 aliphatic rings. The number of piperidine rings is 1. The monoisotopic (exact) mass is 199 g/mol. The Labute approximate surface area is 88.0 Å². The van der Waals surface area contributed by atoms with Crippen molar-refractivity contribution >= 4 is 0 Å². The summed E-state index contributed by atoms with van der Waals surface area (Å²) >= 11 is 0. The van der Waals surface area contributed by atoms with Crippen molar-refractivity contribution in [2.75, 3.05) is 32.7 Å². The first-order chi connectivity index (χ1) is 6.76. The molecular formula is C11H25N3. The summed E-state index contributed by atoms with van der Waals surface area (Å²) in [6.07, 6.45) is 3.61. The van der Waals surface area contributed by atoms with Gasteiger partial charge in [-0.15, -0.1) is 0 Å². The highest BCUT2D eigenvalue weighted by molar-refractivity contribution is 4.93. The molecule has 0 aromatic heterocycles. The van der Waals surface area contributed by atoms with Gasteiger partial charge in [0.15, 0.2) is 0 Å². The SMILES string of the molecule is CCCNC1(CN)CCN(CC)CC1. The van der Waals surface area contributed by atoms with E-state index in [1.165, 1.54) is 38.9 Å². The molecule has 84 valence electrons. The molecule has 0 aromatic rings. The van der Waals surface area contributed by atoms with Crippen molar-refractivity contribution in [2.45, 2.75) is 38.6 Å². The number of hydrogen-bond acceptors (Lipinski definition) is 3. The molecule has 0 unspecified atom stereocenters. The van der Waals surface area contributed by atoms with Crippen molar-refractivity contribution in [3.05, 3.63) is 0 Å². The largest absolute Gasteiger partial charge is 0.329 e. The van der Waals surface area contributed by atoms with Gasteiger partial charge < -0.3 is 16.0 Å². The van der Waals surface area contributed by atoms with E-state index in [4.69, 9.17) is 5.73 Å². The maximum Gasteiger partial charge on any atom is 0.0328 e. The van der Waals surface area contributed by atoms with Crippen LogP contribution in [-0.4, -0.2) is 43.2 Å². The van der Waals surface area contributed by atoms with Crippen molar-refractivity contribution in [3.63, 3.8) is 0 Å². The lowest BCUT2D eigenvalue weighted by Gasteiger charge is -2.41. The molecule has 3 N–H and O–H groups in total. The van der Waals surface area contributed by atoms with Gasteiger partial charge in [-0.3, -0.25) is 0 Å². The van der Waals surface area contributed by atoms with E-state index in [0.717, 1.165) is 13.1 Å². The Morgan fingerprint density at radius 3 is 2.36 bits per heavy atom. The maximum atomic E-state index is 5.88. The lowest BCUT2D eigenvalue weighted by molar-refractivity contribution is 0.144. The fourth-order valence-electron chi connectivity index (χ4n) is 2.14. The quantitative estimate of drug-likeness (QED) is 0.688. The van der Waals surface area contributed by atoms with Crippen LogP contribution in [0.3, 0.4) is 0 Å². The fourth-order valence-corrected chi connectivity index (χ4v) is 2.14. The molecule has 14 heavy (non-hydrogen) atoms. The second kappa shape index (κ2) is 5.69. The van der Waals surface area contributed by atoms with Crippen LogP contribution < -0.4 is 11.1 Å². The van der Waals surface area contributed by atoms with Crippen molar-refractivity contribution in [1.82, 2.24) is 10.2 Å². The van der Waals surface area contributed by atoms with Crippen molar-refractivity contribution in [1.29, 1.82) is 0 Å². The van der Waals surface area contributed by atoms with Gasteiger partial charge in [-0.2, -0.15) is 0 Å². The van der Waals surface area contributed by atoms with E-state index < -0.39 is 0 Å². The van der Waals surface area contributed by atoms with Crippen molar-refractivity contribution < 1.29 is 0 Å². The summed E-state index contributed by atoms with van der Waals surface area (Å²) in [4.78, 5) is 2.50. The first kappa shape index (κ1) is 12.0. The Balaban J connectivity index is 2.39. The molecule has 0 bridgehead atoms. The van der Waals surface area contributed by atoms with Gasteiger partial charge in [0.1, 0.15) is 0 Å². The molecular weight excluding hydrogens is 174 g/mol. The summed E-state index contributed by atoms with van der Waals surface area (Å²) in [7, 11) is 0. The summed E-state index contributed by atoms with van der Waals surface area (Å²) in [5, 5.41) is 3.63. The van der Waals surface area contributed by atoms with Gasteiger partial charge in [-0.25, -0.2) is 0 Å². The summed E-state index contributed by atoms with van der Waals surface area (Å²) < 4.78 is 0. The van der Waals surface area contributed by atoms with Crippen LogP contribution in [0, 0.1) is 0 Å². The molecule has 0 radical (unpaired) electrons. The Bertz CT molecular complexity index is 151. The molecule has 1 fully saturated rings. The minimum atomic E-state index is 0.238. The molecule has 0 saturated carbocycles. The highest BCUT2D eigenvalue weighted by atomic mass is 15.2. The first-order valence-corrected chi connectivity index (χ1v) is 5.94. The molecule has 0 aliphatic carbocycles. The zero-order chi connectivity index (χ0) is 10.4. The highest BCUT2D eigenvalue weighted by Crippen LogP contribution is 2.20. The van der Waals surface area contributed by atoms with Crippen LogP contribution in [-0.2, 0) is 0 Å². The van der Waals surface area contributed by atoms with Gasteiger partial charge in [-0.05, 0) is 45.4 Å². The molecule has 1 rings (SSSR count). The smallest absolute Gasteiger partial charge is 0.0328 e. The van der Waals surface area contributed by atoms with E-state index in [9.17, 15) is 0 Å². The minimum Gasteiger partial charge on any atom is -0.329 e. The van der Waals surface area contributed by atoms with E-state index >= 15 is 0 Å². The summed E-state index contributed by atoms with van der Waals surface area (Å²) in [5.41, 5.74) is 6.12. The Kier molecular flexibility index (Phi) is 4.85. The first-order valence-electron chi connectivity index (χ1n) is 5.94. The van der Waals surface area contributed by atoms with Gasteiger partial charge in [0.05, 0.1) is 0 Å². The fraction of sp³-hybridized carbons (Fsp3) is 1.00. The lowest BCUT2D eigenvalue weighted by Crippen LogP contribution is -2.57. The lowest BCUT2D eigenvalue weighted by atomic mass is 9.87. The van der Waals surface area contributed by atoms with Gasteiger partial charge >= 0.3 is 0 Å². The molecule has 0 atom stereocenters. The van der Waals surface area contributed by atoms with Crippen molar-refractivity contribution in [3.8, 4) is 0 Å². The number of nitrogens with zero attached hydrogens (tertiary/aromatic N) is 1. The molecule has 1 saturated heterocycles. The second-order valence-electron chi connectivity index (χ2n) is 4.35. The summed E-state index contributed by atoms with van der Waals surface area (Å²) in [5.74, 6) is 0. The predicted octanol–water partition coefficient (Wildman–Crippen LogP) is 0.799. The van der Waals surface area contributed by atoms with E-state index in [0.29, 0.717) is 0 Å². The predicted molar refractivity (Wildman–Crippen MR) is 61.4 cm³/mol. The van der Waals surface area contributed by atoms with E-state index in [1.54, 1.807) is 0 Å². The molecule has 3 heteroatoms. The average molecular weight is 199 g/mol. The zero-order valence-electron chi connectivity index (χ0n) is 9.68. The van der Waals surface area contributed by atoms with Crippen LogP contribution >= 0.6 is 0 Å². The number of nitrogens with two attached hydrogens (primary N) is 1. The van der Waals surface area contributed by atoms with Gasteiger partial charge in [0, 0.05) is 12.1 Å². The van der Waals surface area contributed by atoms with Crippen LogP contribution in [0.4, 0.5) is 0 Å². The minimum absolute atomic E-state index is 0.238. The van der Waals surface area contributed by atoms with Gasteiger partial charge in [-0.1, -0.05) is 13.8 Å². The summed E-state index contributed by atoms with van der Waals surface area (Å²) in [6.45, 7) is 9.89. The number of likely N-dealkylation sites (tertiary alicyclic amines) is 1. The molecule has 3 nitrogen and oxygen atoms in total. The normalized spacial score (nSPS) is 22.5. The second-order valence-corrected chi connectivity index (χ2v) is 4.35. The Hall–Kier alpha value is -0.120. The van der Waals surface area contributed by atoms with Crippen LogP contribution in [0.1, 0.15) is 33.1 Å². The van der Waals surface area contributed by atoms with Crippen LogP contribution in [0.15, 0.2) is 0 Å². The zero-order valence-corrected chi connectivity index (χ0v) is 9.68. The third kappa shape index (κ3) is 2.94. The number of nitrogens with one attached hydrogen (secondary N) is 1. The topological polar surface area (TPSA) is 41.3 Å². The van der Waals surface area contributed by atoms with Crippen molar-refractivity contribution in [2.24, 2.45) is 5.73 Å². The van der Waals surface area contributed by atoms with Gasteiger partial charge in [0.25, 0.3) is 0 Å². The number of hydrogen-bond donors (Lipinski definition) is 2. The third-order valence-electron chi connectivity index (χ3n) is 3.40. The van der Waals surface area contributed by atoms with E-state index in [1.807, 2.05) is 0 Å². The average Bonchev–Trinajstić information content (AvgIpc) is 2.27. The molecule has 1 aliphatic heterocycles. The van der Waals surface area contributed by atoms with Gasteiger partial charge in [0.2, 0.25) is 0 Å². The summed E-state index contributed by atoms with van der Waals surface area (Å²) in [6, 6.07) is 0. The van der Waals surface area contributed by atoms with E-state index in [2.05, 4.69) is 24.1 Å². The molecule has 0 spiro atoms. The van der Waals surface area contributed by atoms with Crippen LogP contribution in [0.2, 0.25) is 0 Å². The molecule has 0 amide bonds. The van der Waals surface area contributed by atoms with Crippen LogP contribution in [0.5, 0.6) is 0 Å². The third-order valence-corrected chi connectivity index (χ3v) is 3.40. The number of rotatable bonds is 5. The maximum absolute atomic E-state index is 5.88. The highest BCUT2D eigenvalue weighted by Gasteiger charge is 2.31. The Morgan fingerprint density at radius 2 is 1.93 bits per heavy atom. The Morgan fingerprint density at radius 1 is 1.29 bits per heavy atom. The standard InChI is InChI=1S/C11H25N3/c1-3-7-13-11(10-12)5-8-14(4-2)9-6-11/h13H,3-10,12H2,1-2H3. The van der Waals surface area contributed by atoms with Crippen LogP contribution in [0.25, 0.3) is 0 Å². The molecule has 1 heterocycles. The van der Waals surface area contributed by atoms with E-state index in [-0.39, 0.29) is 5.54 Å².